The topological polar surface area (TPSA) is 61.8 Å². The van der Waals surface area contributed by atoms with Crippen molar-refractivity contribution in [3.05, 3.63) is 35.9 Å². The molecule has 1 aliphatic heterocycles. The molecule has 2 N–H and O–H groups in total. The number of carboxylic acid groups (broad SMARTS) is 1. The minimum atomic E-state index is -0.889. The van der Waals surface area contributed by atoms with Gasteiger partial charge in [-0.05, 0) is 25.3 Å². The van der Waals surface area contributed by atoms with E-state index in [4.69, 9.17) is 4.74 Å². The first-order valence-corrected chi connectivity index (χ1v) is 7.47. The Labute approximate surface area is 125 Å². The number of nitrogens with zero attached hydrogens (tertiary/aromatic N) is 1. The van der Waals surface area contributed by atoms with Gasteiger partial charge in [0.15, 0.2) is 0 Å². The second-order valence-corrected chi connectivity index (χ2v) is 5.66. The van der Waals surface area contributed by atoms with Crippen molar-refractivity contribution in [2.45, 2.75) is 38.5 Å². The largest absolute Gasteiger partial charge is 0.465 e. The van der Waals surface area contributed by atoms with Gasteiger partial charge in [-0.3, -0.25) is 10.2 Å². The van der Waals surface area contributed by atoms with Gasteiger partial charge < -0.3 is 9.84 Å². The Bertz CT molecular complexity index is 466. The van der Waals surface area contributed by atoms with Crippen LogP contribution in [-0.4, -0.2) is 47.6 Å². The molecule has 1 aliphatic rings. The average Bonchev–Trinajstić information content (AvgIpc) is 2.46. The molecule has 21 heavy (non-hydrogen) atoms. The maximum atomic E-state index is 11.6. The number of benzene rings is 1. The second kappa shape index (κ2) is 6.91. The molecule has 0 aromatic heterocycles. The van der Waals surface area contributed by atoms with Crippen LogP contribution in [0.3, 0.4) is 0 Å². The summed E-state index contributed by atoms with van der Waals surface area (Å²) in [4.78, 5) is 13.1. The van der Waals surface area contributed by atoms with E-state index in [-0.39, 0.29) is 6.23 Å². The molecule has 1 heterocycles. The SMILES string of the molecule is CCCOC1NCCN(C(=O)O)C1(C)Cc1ccccc1. The van der Waals surface area contributed by atoms with Crippen LogP contribution in [0, 0.1) is 0 Å². The molecule has 1 aromatic carbocycles. The summed E-state index contributed by atoms with van der Waals surface area (Å²) in [5.74, 6) is 0. The van der Waals surface area contributed by atoms with E-state index in [9.17, 15) is 9.90 Å². The first-order chi connectivity index (χ1) is 10.1. The number of amides is 1. The molecule has 0 aliphatic carbocycles. The van der Waals surface area contributed by atoms with Crippen molar-refractivity contribution in [1.29, 1.82) is 0 Å². The molecule has 1 amide bonds. The molecule has 2 unspecified atom stereocenters. The number of ether oxygens (including phenoxy) is 1. The predicted octanol–water partition coefficient (Wildman–Crippen LogP) is 2.32. The lowest BCUT2D eigenvalue weighted by Crippen LogP contribution is -2.68. The van der Waals surface area contributed by atoms with Gasteiger partial charge in [-0.15, -0.1) is 0 Å². The van der Waals surface area contributed by atoms with Crippen molar-refractivity contribution >= 4 is 6.09 Å². The molecule has 0 bridgehead atoms. The number of carbonyl (C=O) groups is 1. The molecular weight excluding hydrogens is 268 g/mol. The molecule has 2 atom stereocenters. The molecule has 0 radical (unpaired) electrons. The van der Waals surface area contributed by atoms with Crippen LogP contribution < -0.4 is 5.32 Å². The van der Waals surface area contributed by atoms with Crippen LogP contribution >= 0.6 is 0 Å². The lowest BCUT2D eigenvalue weighted by atomic mass is 9.87. The zero-order valence-electron chi connectivity index (χ0n) is 12.7. The first kappa shape index (κ1) is 15.8. The van der Waals surface area contributed by atoms with Gasteiger partial charge >= 0.3 is 6.09 Å². The maximum absolute atomic E-state index is 11.6. The van der Waals surface area contributed by atoms with Gasteiger partial charge in [-0.2, -0.15) is 0 Å². The molecule has 2 rings (SSSR count). The second-order valence-electron chi connectivity index (χ2n) is 5.66. The minimum Gasteiger partial charge on any atom is -0.465 e. The van der Waals surface area contributed by atoms with Crippen LogP contribution in [0.1, 0.15) is 25.8 Å². The van der Waals surface area contributed by atoms with Crippen LogP contribution in [0.4, 0.5) is 4.79 Å². The molecule has 5 heteroatoms. The van der Waals surface area contributed by atoms with Crippen LogP contribution in [0.5, 0.6) is 0 Å². The maximum Gasteiger partial charge on any atom is 0.407 e. The van der Waals surface area contributed by atoms with E-state index < -0.39 is 11.6 Å². The molecule has 116 valence electrons. The van der Waals surface area contributed by atoms with Crippen LogP contribution in [0.15, 0.2) is 30.3 Å². The molecule has 1 fully saturated rings. The Hall–Kier alpha value is -1.59. The normalized spacial score (nSPS) is 25.8. The van der Waals surface area contributed by atoms with Gasteiger partial charge in [-0.25, -0.2) is 4.79 Å². The quantitative estimate of drug-likeness (QED) is 0.874. The smallest absolute Gasteiger partial charge is 0.407 e. The summed E-state index contributed by atoms with van der Waals surface area (Å²) in [6.07, 6.45) is 0.358. The van der Waals surface area contributed by atoms with E-state index in [0.29, 0.717) is 26.1 Å². The molecule has 0 saturated carbocycles. The predicted molar refractivity (Wildman–Crippen MR) is 81.3 cm³/mol. The monoisotopic (exact) mass is 292 g/mol. The summed E-state index contributed by atoms with van der Waals surface area (Å²) in [5, 5.41) is 12.9. The third kappa shape index (κ3) is 3.54. The van der Waals surface area contributed by atoms with Crippen molar-refractivity contribution in [2.24, 2.45) is 0 Å². The summed E-state index contributed by atoms with van der Waals surface area (Å²) in [6.45, 7) is 5.72. The van der Waals surface area contributed by atoms with E-state index >= 15 is 0 Å². The van der Waals surface area contributed by atoms with E-state index in [1.807, 2.05) is 44.2 Å². The van der Waals surface area contributed by atoms with Crippen molar-refractivity contribution in [3.63, 3.8) is 0 Å². The molecular formula is C16H24N2O3. The summed E-state index contributed by atoms with van der Waals surface area (Å²) in [5.41, 5.74) is 0.501. The van der Waals surface area contributed by atoms with E-state index in [2.05, 4.69) is 5.32 Å². The summed E-state index contributed by atoms with van der Waals surface area (Å²) < 4.78 is 5.88. The average molecular weight is 292 g/mol. The Morgan fingerprint density at radius 1 is 1.48 bits per heavy atom. The lowest BCUT2D eigenvalue weighted by Gasteiger charge is -2.48. The minimum absolute atomic E-state index is 0.289. The number of hydrogen-bond acceptors (Lipinski definition) is 3. The highest BCUT2D eigenvalue weighted by Crippen LogP contribution is 2.28. The fourth-order valence-electron chi connectivity index (χ4n) is 2.91. The van der Waals surface area contributed by atoms with E-state index in [0.717, 1.165) is 12.0 Å². The van der Waals surface area contributed by atoms with E-state index in [1.54, 1.807) is 0 Å². The third-order valence-corrected chi connectivity index (χ3v) is 3.97. The van der Waals surface area contributed by atoms with Crippen molar-refractivity contribution in [3.8, 4) is 0 Å². The Balaban J connectivity index is 2.25. The van der Waals surface area contributed by atoms with E-state index in [1.165, 1.54) is 4.90 Å². The van der Waals surface area contributed by atoms with Gasteiger partial charge in [-0.1, -0.05) is 37.3 Å². The molecule has 1 saturated heterocycles. The van der Waals surface area contributed by atoms with Crippen LogP contribution in [0.25, 0.3) is 0 Å². The molecule has 0 spiro atoms. The van der Waals surface area contributed by atoms with Crippen molar-refractivity contribution in [2.75, 3.05) is 19.7 Å². The first-order valence-electron chi connectivity index (χ1n) is 7.47. The number of hydrogen-bond donors (Lipinski definition) is 2. The van der Waals surface area contributed by atoms with Crippen molar-refractivity contribution in [1.82, 2.24) is 10.2 Å². The Morgan fingerprint density at radius 2 is 2.19 bits per heavy atom. The van der Waals surface area contributed by atoms with Crippen LogP contribution in [-0.2, 0) is 11.2 Å². The highest BCUT2D eigenvalue weighted by molar-refractivity contribution is 5.66. The molecule has 1 aromatic rings. The summed E-state index contributed by atoms with van der Waals surface area (Å²) in [6, 6.07) is 9.96. The zero-order valence-corrected chi connectivity index (χ0v) is 12.7. The van der Waals surface area contributed by atoms with Gasteiger partial charge in [0.25, 0.3) is 0 Å². The fourth-order valence-corrected chi connectivity index (χ4v) is 2.91. The van der Waals surface area contributed by atoms with Gasteiger partial charge in [0.1, 0.15) is 6.23 Å². The Kier molecular flexibility index (Phi) is 5.20. The zero-order chi connectivity index (χ0) is 15.3. The highest BCUT2D eigenvalue weighted by Gasteiger charge is 2.45. The number of piperazine rings is 1. The van der Waals surface area contributed by atoms with Gasteiger partial charge in [0.05, 0.1) is 5.54 Å². The summed E-state index contributed by atoms with van der Waals surface area (Å²) in [7, 11) is 0. The standard InChI is InChI=1S/C16H24N2O3/c1-3-11-21-14-16(2,12-13-7-5-4-6-8-13)18(15(19)20)10-9-17-14/h4-8,14,17H,3,9-12H2,1-2H3,(H,19,20). The number of nitrogens with one attached hydrogen (secondary N) is 1. The lowest BCUT2D eigenvalue weighted by molar-refractivity contribution is -0.0941. The number of rotatable bonds is 5. The molecule has 5 nitrogen and oxygen atoms in total. The Morgan fingerprint density at radius 3 is 2.81 bits per heavy atom. The van der Waals surface area contributed by atoms with Gasteiger partial charge in [0.2, 0.25) is 0 Å². The van der Waals surface area contributed by atoms with Crippen LogP contribution in [0.2, 0.25) is 0 Å². The fraction of sp³-hybridized carbons (Fsp3) is 0.562. The van der Waals surface area contributed by atoms with Crippen molar-refractivity contribution < 1.29 is 14.6 Å². The van der Waals surface area contributed by atoms with Gasteiger partial charge in [0, 0.05) is 19.7 Å². The highest BCUT2D eigenvalue weighted by atomic mass is 16.5. The third-order valence-electron chi connectivity index (χ3n) is 3.97. The summed E-state index contributed by atoms with van der Waals surface area (Å²) >= 11 is 0.